The Hall–Kier alpha value is -4.40. The second-order valence-electron chi connectivity index (χ2n) is 9.05. The number of ether oxygens (including phenoxy) is 1. The molecule has 9 heteroatoms. The van der Waals surface area contributed by atoms with Crippen molar-refractivity contribution in [3.63, 3.8) is 0 Å². The zero-order chi connectivity index (χ0) is 25.2. The molecule has 0 radical (unpaired) electrons. The number of nitrogen functional groups attached to an aromatic ring is 1. The monoisotopic (exact) mass is 474 g/mol. The van der Waals surface area contributed by atoms with E-state index in [-0.39, 0.29) is 16.9 Å². The molecular formula is C26H27FN6O2. The summed E-state index contributed by atoms with van der Waals surface area (Å²) in [5.41, 5.74) is 7.81. The molecule has 2 heterocycles. The van der Waals surface area contributed by atoms with Crippen molar-refractivity contribution in [2.24, 2.45) is 0 Å². The van der Waals surface area contributed by atoms with Crippen LogP contribution in [-0.4, -0.2) is 20.8 Å². The number of urea groups is 1. The van der Waals surface area contributed by atoms with Gasteiger partial charge >= 0.3 is 6.03 Å². The zero-order valence-corrected chi connectivity index (χ0v) is 20.0. The summed E-state index contributed by atoms with van der Waals surface area (Å²) in [6, 6.07) is 16.5. The summed E-state index contributed by atoms with van der Waals surface area (Å²) >= 11 is 0. The molecule has 2 aromatic carbocycles. The number of para-hydroxylation sites is 1. The maximum Gasteiger partial charge on any atom is 0.324 e. The van der Waals surface area contributed by atoms with Crippen molar-refractivity contribution in [3.05, 3.63) is 83.9 Å². The van der Waals surface area contributed by atoms with Gasteiger partial charge in [-0.3, -0.25) is 5.32 Å². The molecule has 4 aromatic rings. The highest BCUT2D eigenvalue weighted by molar-refractivity contribution is 5.99. The van der Waals surface area contributed by atoms with E-state index in [0.717, 1.165) is 11.4 Å². The summed E-state index contributed by atoms with van der Waals surface area (Å²) in [5, 5.41) is 9.99. The molecule has 0 spiro atoms. The quantitative estimate of drug-likeness (QED) is 0.327. The Balaban J connectivity index is 1.52. The number of carbonyl (C=O) groups is 1. The highest BCUT2D eigenvalue weighted by Gasteiger charge is 2.22. The summed E-state index contributed by atoms with van der Waals surface area (Å²) in [6.07, 6.45) is 1.51. The molecular weight excluding hydrogens is 447 g/mol. The van der Waals surface area contributed by atoms with Gasteiger partial charge in [0.15, 0.2) is 0 Å². The van der Waals surface area contributed by atoms with Gasteiger partial charge in [0.2, 0.25) is 0 Å². The SMILES string of the molecule is Cc1c(Oc2ccc(NC(=O)Nc3cc(C(C)(C)C)nn3-c3ccccc3)c(F)c2)ccnc1N. The van der Waals surface area contributed by atoms with Crippen molar-refractivity contribution in [2.75, 3.05) is 16.4 Å². The minimum Gasteiger partial charge on any atom is -0.457 e. The fraction of sp³-hybridized carbons (Fsp3) is 0.192. The van der Waals surface area contributed by atoms with Crippen LogP contribution in [0.15, 0.2) is 66.9 Å². The van der Waals surface area contributed by atoms with E-state index in [1.54, 1.807) is 23.7 Å². The Morgan fingerprint density at radius 2 is 1.80 bits per heavy atom. The summed E-state index contributed by atoms with van der Waals surface area (Å²) in [4.78, 5) is 16.7. The predicted molar refractivity (Wildman–Crippen MR) is 135 cm³/mol. The molecule has 0 unspecified atom stereocenters. The number of halogens is 1. The van der Waals surface area contributed by atoms with E-state index >= 15 is 0 Å². The van der Waals surface area contributed by atoms with E-state index in [0.29, 0.717) is 22.9 Å². The summed E-state index contributed by atoms with van der Waals surface area (Å²) in [6.45, 7) is 7.87. The number of aromatic nitrogens is 3. The van der Waals surface area contributed by atoms with E-state index in [9.17, 15) is 9.18 Å². The third kappa shape index (κ3) is 5.40. The third-order valence-electron chi connectivity index (χ3n) is 5.33. The van der Waals surface area contributed by atoms with Crippen LogP contribution in [0, 0.1) is 12.7 Å². The second-order valence-corrected chi connectivity index (χ2v) is 9.05. The highest BCUT2D eigenvalue weighted by atomic mass is 19.1. The molecule has 0 aliphatic carbocycles. The Labute approximate surface area is 202 Å². The van der Waals surface area contributed by atoms with Crippen molar-refractivity contribution in [2.45, 2.75) is 33.1 Å². The smallest absolute Gasteiger partial charge is 0.324 e. The molecule has 8 nitrogen and oxygen atoms in total. The molecule has 2 aromatic heterocycles. The third-order valence-corrected chi connectivity index (χ3v) is 5.33. The topological polar surface area (TPSA) is 107 Å². The number of anilines is 3. The number of amides is 2. The number of rotatable bonds is 5. The van der Waals surface area contributed by atoms with Gasteiger partial charge in [-0.05, 0) is 37.3 Å². The highest BCUT2D eigenvalue weighted by Crippen LogP contribution is 2.30. The number of nitrogens with zero attached hydrogens (tertiary/aromatic N) is 3. The van der Waals surface area contributed by atoms with Crippen molar-refractivity contribution >= 4 is 23.4 Å². The molecule has 0 bridgehead atoms. The van der Waals surface area contributed by atoms with Crippen molar-refractivity contribution in [1.29, 1.82) is 0 Å². The maximum absolute atomic E-state index is 14.8. The molecule has 0 atom stereocenters. The lowest BCUT2D eigenvalue weighted by Gasteiger charge is -2.14. The van der Waals surface area contributed by atoms with E-state index in [2.05, 4.69) is 20.7 Å². The van der Waals surface area contributed by atoms with Crippen LogP contribution < -0.4 is 21.1 Å². The lowest BCUT2D eigenvalue weighted by Crippen LogP contribution is -2.21. The maximum atomic E-state index is 14.8. The second kappa shape index (κ2) is 9.46. The van der Waals surface area contributed by atoms with Crippen LogP contribution in [-0.2, 0) is 5.41 Å². The average Bonchev–Trinajstić information content (AvgIpc) is 3.23. The first-order valence-corrected chi connectivity index (χ1v) is 11.0. The molecule has 180 valence electrons. The normalized spacial score (nSPS) is 11.2. The van der Waals surface area contributed by atoms with E-state index in [4.69, 9.17) is 10.5 Å². The minimum atomic E-state index is -0.649. The van der Waals surface area contributed by atoms with E-state index < -0.39 is 11.8 Å². The molecule has 4 rings (SSSR count). The van der Waals surface area contributed by atoms with Gasteiger partial charge in [-0.1, -0.05) is 39.0 Å². The molecule has 2 amide bonds. The number of hydrogen-bond acceptors (Lipinski definition) is 5. The minimum absolute atomic E-state index is 0.00244. The fourth-order valence-electron chi connectivity index (χ4n) is 3.30. The largest absolute Gasteiger partial charge is 0.457 e. The molecule has 0 aliphatic rings. The number of benzene rings is 2. The number of nitrogens with one attached hydrogen (secondary N) is 2. The first-order valence-electron chi connectivity index (χ1n) is 11.0. The number of nitrogens with two attached hydrogens (primary N) is 1. The van der Waals surface area contributed by atoms with Crippen LogP contribution in [0.3, 0.4) is 0 Å². The van der Waals surface area contributed by atoms with Crippen molar-refractivity contribution in [3.8, 4) is 17.2 Å². The van der Waals surface area contributed by atoms with Gasteiger partial charge < -0.3 is 15.8 Å². The Kier molecular flexibility index (Phi) is 6.42. The first kappa shape index (κ1) is 23.7. The lowest BCUT2D eigenvalue weighted by molar-refractivity contribution is 0.262. The average molecular weight is 475 g/mol. The van der Waals surface area contributed by atoms with E-state index in [1.165, 1.54) is 18.3 Å². The van der Waals surface area contributed by atoms with Crippen LogP contribution in [0.1, 0.15) is 32.0 Å². The van der Waals surface area contributed by atoms with Crippen LogP contribution in [0.25, 0.3) is 5.69 Å². The molecule has 0 aliphatic heterocycles. The van der Waals surface area contributed by atoms with Crippen molar-refractivity contribution < 1.29 is 13.9 Å². The molecule has 35 heavy (non-hydrogen) atoms. The summed E-state index contributed by atoms with van der Waals surface area (Å²) < 4.78 is 22.1. The Morgan fingerprint density at radius 1 is 1.06 bits per heavy atom. The standard InChI is InChI=1S/C26H27FN6O2/c1-16-21(12-13-29-24(16)28)35-18-10-11-20(19(27)14-18)30-25(34)31-23-15-22(26(2,3)4)32-33(23)17-8-6-5-7-9-17/h5-15H,1-4H3,(H2,28,29)(H2,30,31,34). The fourth-order valence-corrected chi connectivity index (χ4v) is 3.30. The number of carbonyl (C=O) groups excluding carboxylic acids is 1. The predicted octanol–water partition coefficient (Wildman–Crippen LogP) is 6.03. The lowest BCUT2D eigenvalue weighted by atomic mass is 9.92. The number of pyridine rings is 1. The van der Waals surface area contributed by atoms with Crippen LogP contribution in [0.4, 0.5) is 26.5 Å². The van der Waals surface area contributed by atoms with Gasteiger partial charge in [0.25, 0.3) is 0 Å². The Morgan fingerprint density at radius 3 is 2.49 bits per heavy atom. The van der Waals surface area contributed by atoms with Crippen LogP contribution in [0.5, 0.6) is 11.5 Å². The van der Waals surface area contributed by atoms with Gasteiger partial charge in [-0.15, -0.1) is 0 Å². The summed E-state index contributed by atoms with van der Waals surface area (Å²) in [7, 11) is 0. The number of hydrogen-bond donors (Lipinski definition) is 3. The molecule has 0 saturated heterocycles. The van der Waals surface area contributed by atoms with Crippen molar-refractivity contribution in [1.82, 2.24) is 14.8 Å². The van der Waals surface area contributed by atoms with Crippen LogP contribution >= 0.6 is 0 Å². The molecule has 4 N–H and O–H groups in total. The first-order chi connectivity index (χ1) is 16.6. The van der Waals surface area contributed by atoms with Gasteiger partial charge in [0.1, 0.15) is 29.0 Å². The van der Waals surface area contributed by atoms with Gasteiger partial charge in [0, 0.05) is 29.3 Å². The zero-order valence-electron chi connectivity index (χ0n) is 20.0. The van der Waals surface area contributed by atoms with Crippen LogP contribution in [0.2, 0.25) is 0 Å². The Bertz CT molecular complexity index is 1360. The van der Waals surface area contributed by atoms with Gasteiger partial charge in [0.05, 0.1) is 17.1 Å². The molecule has 0 fully saturated rings. The molecule has 0 saturated carbocycles. The van der Waals surface area contributed by atoms with Gasteiger partial charge in [-0.2, -0.15) is 5.10 Å². The summed E-state index contributed by atoms with van der Waals surface area (Å²) in [5.74, 6) is 0.884. The van der Waals surface area contributed by atoms with Gasteiger partial charge in [-0.25, -0.2) is 18.9 Å². The van der Waals surface area contributed by atoms with E-state index in [1.807, 2.05) is 57.2 Å².